The molecule has 1 spiro atoms. The summed E-state index contributed by atoms with van der Waals surface area (Å²) in [6.45, 7) is 5.15. The Balaban J connectivity index is 1.46. The second-order valence-corrected chi connectivity index (χ2v) is 7.38. The number of halogens is 1. The molecule has 6 nitrogen and oxygen atoms in total. The summed E-state index contributed by atoms with van der Waals surface area (Å²) in [5.74, 6) is -0.825. The fraction of sp³-hybridized carbons (Fsp3) is 0.600. The molecule has 0 bridgehead atoms. The van der Waals surface area contributed by atoms with Gasteiger partial charge < -0.3 is 19.6 Å². The first-order chi connectivity index (χ1) is 13.0. The van der Waals surface area contributed by atoms with Crippen LogP contribution in [0, 0.1) is 11.7 Å². The first-order valence-corrected chi connectivity index (χ1v) is 9.48. The minimum absolute atomic E-state index is 0.147. The Morgan fingerprint density at radius 2 is 1.85 bits per heavy atom. The van der Waals surface area contributed by atoms with Crippen molar-refractivity contribution in [3.8, 4) is 0 Å². The number of benzene rings is 1. The van der Waals surface area contributed by atoms with E-state index in [1.165, 1.54) is 12.1 Å². The topological polar surface area (TPSA) is 69.2 Å². The van der Waals surface area contributed by atoms with Gasteiger partial charge in [0.1, 0.15) is 5.82 Å². The van der Waals surface area contributed by atoms with E-state index in [0.29, 0.717) is 13.2 Å². The van der Waals surface area contributed by atoms with Crippen LogP contribution in [-0.2, 0) is 19.1 Å². The number of hydrogen-bond acceptors (Lipinski definition) is 5. The Labute approximate surface area is 159 Å². The zero-order chi connectivity index (χ0) is 19.3. The Morgan fingerprint density at radius 1 is 1.22 bits per heavy atom. The lowest BCUT2D eigenvalue weighted by atomic mass is 9.92. The van der Waals surface area contributed by atoms with Crippen LogP contribution >= 0.6 is 0 Å². The van der Waals surface area contributed by atoms with Gasteiger partial charge in [0, 0.05) is 12.8 Å². The standard InChI is InChI=1S/C20H27FN2O4/c1-14(2)19(15-3-5-16(21)6-4-15)22-18(24)13-27-23-17-7-9-20(10-8-17)25-11-12-26-20/h3-6,14,19H,7-13H2,1-2H3,(H,22,24). The Morgan fingerprint density at radius 3 is 2.44 bits per heavy atom. The van der Waals surface area contributed by atoms with Gasteiger partial charge in [-0.15, -0.1) is 0 Å². The molecule has 2 fully saturated rings. The molecule has 148 valence electrons. The van der Waals surface area contributed by atoms with E-state index in [2.05, 4.69) is 10.5 Å². The zero-order valence-electron chi connectivity index (χ0n) is 15.9. The van der Waals surface area contributed by atoms with Crippen LogP contribution in [-0.4, -0.2) is 37.2 Å². The van der Waals surface area contributed by atoms with Crippen molar-refractivity contribution in [3.63, 3.8) is 0 Å². The van der Waals surface area contributed by atoms with Crippen molar-refractivity contribution in [2.24, 2.45) is 11.1 Å². The number of oxime groups is 1. The number of amides is 1. The van der Waals surface area contributed by atoms with Gasteiger partial charge in [0.15, 0.2) is 12.4 Å². The van der Waals surface area contributed by atoms with Gasteiger partial charge in [0.05, 0.1) is 25.0 Å². The van der Waals surface area contributed by atoms with Crippen molar-refractivity contribution in [2.45, 2.75) is 51.4 Å². The van der Waals surface area contributed by atoms with Crippen molar-refractivity contribution in [3.05, 3.63) is 35.6 Å². The molecular weight excluding hydrogens is 351 g/mol. The molecule has 3 rings (SSSR count). The molecule has 1 unspecified atom stereocenters. The summed E-state index contributed by atoms with van der Waals surface area (Å²) in [7, 11) is 0. The lowest BCUT2D eigenvalue weighted by Gasteiger charge is -2.31. The third kappa shape index (κ3) is 5.26. The highest BCUT2D eigenvalue weighted by Gasteiger charge is 2.39. The molecule has 7 heteroatoms. The van der Waals surface area contributed by atoms with Gasteiger partial charge in [0.25, 0.3) is 5.91 Å². The molecule has 1 amide bonds. The fourth-order valence-corrected chi connectivity index (χ4v) is 3.50. The van der Waals surface area contributed by atoms with Gasteiger partial charge in [-0.05, 0) is 36.5 Å². The van der Waals surface area contributed by atoms with E-state index >= 15 is 0 Å². The van der Waals surface area contributed by atoms with Gasteiger partial charge in [-0.2, -0.15) is 0 Å². The molecule has 0 radical (unpaired) electrons. The number of carbonyl (C=O) groups excluding carboxylic acids is 1. The molecule has 0 aromatic heterocycles. The average molecular weight is 378 g/mol. The monoisotopic (exact) mass is 378 g/mol. The Hall–Kier alpha value is -1.99. The molecule has 1 aromatic carbocycles. The van der Waals surface area contributed by atoms with Gasteiger partial charge in [-0.1, -0.05) is 31.1 Å². The number of carbonyl (C=O) groups is 1. The third-order valence-electron chi connectivity index (χ3n) is 5.00. The van der Waals surface area contributed by atoms with E-state index in [4.69, 9.17) is 14.3 Å². The second-order valence-electron chi connectivity index (χ2n) is 7.38. The van der Waals surface area contributed by atoms with Crippen LogP contribution < -0.4 is 5.32 Å². The van der Waals surface area contributed by atoms with Crippen molar-refractivity contribution in [1.82, 2.24) is 5.32 Å². The highest BCUT2D eigenvalue weighted by Crippen LogP contribution is 2.34. The van der Waals surface area contributed by atoms with Crippen LogP contribution in [0.25, 0.3) is 0 Å². The van der Waals surface area contributed by atoms with Crippen LogP contribution in [0.5, 0.6) is 0 Å². The van der Waals surface area contributed by atoms with Crippen molar-refractivity contribution >= 4 is 11.6 Å². The smallest absolute Gasteiger partial charge is 0.261 e. The van der Waals surface area contributed by atoms with Crippen LogP contribution in [0.15, 0.2) is 29.4 Å². The molecule has 1 aromatic rings. The van der Waals surface area contributed by atoms with E-state index in [1.54, 1.807) is 12.1 Å². The summed E-state index contributed by atoms with van der Waals surface area (Å²) in [4.78, 5) is 17.5. The quantitative estimate of drug-likeness (QED) is 0.771. The molecule has 1 saturated heterocycles. The fourth-order valence-electron chi connectivity index (χ4n) is 3.50. The van der Waals surface area contributed by atoms with Gasteiger partial charge in [-0.3, -0.25) is 4.79 Å². The molecule has 1 aliphatic heterocycles. The van der Waals surface area contributed by atoms with Crippen molar-refractivity contribution in [2.75, 3.05) is 19.8 Å². The van der Waals surface area contributed by atoms with Gasteiger partial charge in [-0.25, -0.2) is 4.39 Å². The van der Waals surface area contributed by atoms with Crippen LogP contribution in [0.2, 0.25) is 0 Å². The summed E-state index contributed by atoms with van der Waals surface area (Å²) in [6.07, 6.45) is 3.01. The van der Waals surface area contributed by atoms with Gasteiger partial charge in [0.2, 0.25) is 0 Å². The summed E-state index contributed by atoms with van der Waals surface area (Å²) in [5, 5.41) is 7.04. The maximum Gasteiger partial charge on any atom is 0.261 e. The lowest BCUT2D eigenvalue weighted by molar-refractivity contribution is -0.168. The maximum absolute atomic E-state index is 13.1. The molecule has 1 N–H and O–H groups in total. The number of ether oxygens (including phenoxy) is 2. The zero-order valence-corrected chi connectivity index (χ0v) is 15.9. The minimum Gasteiger partial charge on any atom is -0.386 e. The predicted molar refractivity (Wildman–Crippen MR) is 98.6 cm³/mol. The first-order valence-electron chi connectivity index (χ1n) is 9.48. The highest BCUT2D eigenvalue weighted by atomic mass is 19.1. The molecule has 2 aliphatic rings. The van der Waals surface area contributed by atoms with Crippen LogP contribution in [0.3, 0.4) is 0 Å². The summed E-state index contributed by atoms with van der Waals surface area (Å²) < 4.78 is 24.5. The maximum atomic E-state index is 13.1. The lowest BCUT2D eigenvalue weighted by Crippen LogP contribution is -2.35. The van der Waals surface area contributed by atoms with E-state index < -0.39 is 5.79 Å². The third-order valence-corrected chi connectivity index (χ3v) is 5.00. The van der Waals surface area contributed by atoms with E-state index in [-0.39, 0.29) is 30.3 Å². The van der Waals surface area contributed by atoms with Crippen molar-refractivity contribution < 1.29 is 23.5 Å². The second kappa shape index (κ2) is 8.80. The molecule has 27 heavy (non-hydrogen) atoms. The summed E-state index contributed by atoms with van der Waals surface area (Å²) >= 11 is 0. The van der Waals surface area contributed by atoms with Crippen molar-refractivity contribution in [1.29, 1.82) is 0 Å². The summed E-state index contributed by atoms with van der Waals surface area (Å²) in [5.41, 5.74) is 1.78. The largest absolute Gasteiger partial charge is 0.386 e. The molecule has 1 atom stereocenters. The average Bonchev–Trinajstić information content (AvgIpc) is 3.10. The van der Waals surface area contributed by atoms with Gasteiger partial charge >= 0.3 is 0 Å². The number of nitrogens with one attached hydrogen (secondary N) is 1. The first kappa shape index (κ1) is 19.8. The number of nitrogens with zero attached hydrogens (tertiary/aromatic N) is 1. The molecule has 1 aliphatic carbocycles. The Bertz CT molecular complexity index is 657. The van der Waals surface area contributed by atoms with E-state index in [0.717, 1.165) is 37.0 Å². The normalized spacial score (nSPS) is 19.9. The predicted octanol–water partition coefficient (Wildman–Crippen LogP) is 3.33. The molecule has 1 saturated carbocycles. The Kier molecular flexibility index (Phi) is 6.44. The minimum atomic E-state index is -0.434. The number of hydrogen-bond donors (Lipinski definition) is 1. The van der Waals surface area contributed by atoms with Crippen LogP contribution in [0.4, 0.5) is 4.39 Å². The SMILES string of the molecule is CC(C)C(NC(=O)CON=C1CCC2(CC1)OCCO2)c1ccc(F)cc1. The summed E-state index contributed by atoms with van der Waals surface area (Å²) in [6, 6.07) is 5.96. The molecular formula is C20H27FN2O4. The van der Waals surface area contributed by atoms with E-state index in [9.17, 15) is 9.18 Å². The number of rotatable bonds is 6. The van der Waals surface area contributed by atoms with E-state index in [1.807, 2.05) is 13.8 Å². The van der Waals surface area contributed by atoms with Crippen LogP contribution in [0.1, 0.15) is 51.1 Å². The highest BCUT2D eigenvalue weighted by molar-refractivity contribution is 5.85. The molecule has 1 heterocycles.